The third-order valence-corrected chi connectivity index (χ3v) is 5.26. The maximum atomic E-state index is 13.1. The third kappa shape index (κ3) is 3.66. The molecule has 0 aliphatic carbocycles. The minimum atomic E-state index is -0.218. The number of ether oxygens (including phenoxy) is 1. The molecule has 0 radical (unpaired) electrons. The second kappa shape index (κ2) is 7.40. The van der Waals surface area contributed by atoms with E-state index in [1.54, 1.807) is 13.3 Å². The minimum Gasteiger partial charge on any atom is -0.497 e. The van der Waals surface area contributed by atoms with E-state index < -0.39 is 0 Å². The summed E-state index contributed by atoms with van der Waals surface area (Å²) in [6.07, 6.45) is 1.79. The molecule has 140 valence electrons. The molecule has 1 fully saturated rings. The van der Waals surface area contributed by atoms with Crippen LogP contribution >= 0.6 is 0 Å². The molecule has 1 aromatic heterocycles. The summed E-state index contributed by atoms with van der Waals surface area (Å²) < 4.78 is 18.3. The molecule has 0 bridgehead atoms. The van der Waals surface area contributed by atoms with Crippen LogP contribution in [-0.2, 0) is 0 Å². The molecule has 4 rings (SSSR count). The number of rotatable bonds is 5. The van der Waals surface area contributed by atoms with Crippen LogP contribution in [0.2, 0.25) is 0 Å². The van der Waals surface area contributed by atoms with E-state index in [0.29, 0.717) is 6.54 Å². The molecule has 2 heterocycles. The Balaban J connectivity index is 1.39. The summed E-state index contributed by atoms with van der Waals surface area (Å²) in [5.41, 5.74) is 2.68. The molecule has 1 aliphatic heterocycles. The van der Waals surface area contributed by atoms with E-state index in [1.807, 2.05) is 30.3 Å². The van der Waals surface area contributed by atoms with Crippen molar-refractivity contribution in [2.75, 3.05) is 44.7 Å². The number of nitrogens with one attached hydrogen (secondary N) is 2. The van der Waals surface area contributed by atoms with Crippen LogP contribution in [0.3, 0.4) is 0 Å². The smallest absolute Gasteiger partial charge is 0.219 e. The number of H-pyrrole nitrogens is 1. The summed E-state index contributed by atoms with van der Waals surface area (Å²) in [4.78, 5) is 19.5. The first-order valence-corrected chi connectivity index (χ1v) is 9.16. The first kappa shape index (κ1) is 17.5. The number of benzene rings is 2. The highest BCUT2D eigenvalue weighted by atomic mass is 19.1. The normalized spacial score (nSPS) is 15.3. The van der Waals surface area contributed by atoms with Gasteiger partial charge in [-0.05, 0) is 36.4 Å². The van der Waals surface area contributed by atoms with E-state index in [-0.39, 0.29) is 11.6 Å². The molecule has 3 aromatic rings. The van der Waals surface area contributed by atoms with E-state index >= 15 is 0 Å². The highest BCUT2D eigenvalue weighted by Gasteiger charge is 2.24. The van der Waals surface area contributed by atoms with Crippen molar-refractivity contribution in [2.45, 2.75) is 0 Å². The molecule has 5 nitrogen and oxygen atoms in total. The second-order valence-corrected chi connectivity index (χ2v) is 6.93. The van der Waals surface area contributed by atoms with Gasteiger partial charge < -0.3 is 19.5 Å². The molecule has 27 heavy (non-hydrogen) atoms. The Labute approximate surface area is 157 Å². The van der Waals surface area contributed by atoms with Crippen molar-refractivity contribution in [3.63, 3.8) is 0 Å². The number of quaternary nitrogens is 1. The van der Waals surface area contributed by atoms with E-state index in [9.17, 15) is 9.18 Å². The number of Topliss-reactive ketones (excluding diaryl/α,β-unsaturated/α-hetero) is 1. The lowest BCUT2D eigenvalue weighted by molar-refractivity contribution is -0.892. The first-order chi connectivity index (χ1) is 13.1. The molecule has 0 spiro atoms. The van der Waals surface area contributed by atoms with Crippen LogP contribution in [0.5, 0.6) is 5.75 Å². The van der Waals surface area contributed by atoms with Crippen LogP contribution in [-0.4, -0.2) is 50.6 Å². The van der Waals surface area contributed by atoms with E-state index in [4.69, 9.17) is 4.74 Å². The van der Waals surface area contributed by atoms with Gasteiger partial charge in [0.15, 0.2) is 0 Å². The Bertz CT molecular complexity index is 944. The summed E-state index contributed by atoms with van der Waals surface area (Å²) in [7, 11) is 1.63. The molecule has 2 aromatic carbocycles. The quantitative estimate of drug-likeness (QED) is 0.677. The van der Waals surface area contributed by atoms with Gasteiger partial charge in [-0.3, -0.25) is 4.79 Å². The SMILES string of the molecule is COc1ccc2c(C(=O)C[NH+]3CCN(c4ccc(F)cc4)CC3)c[nH]c2c1. The highest BCUT2D eigenvalue weighted by Crippen LogP contribution is 2.23. The largest absolute Gasteiger partial charge is 0.497 e. The van der Waals surface area contributed by atoms with Crippen molar-refractivity contribution in [1.29, 1.82) is 0 Å². The molecule has 0 amide bonds. The van der Waals surface area contributed by atoms with Gasteiger partial charge in [0, 0.05) is 34.4 Å². The molecule has 1 aliphatic rings. The maximum Gasteiger partial charge on any atom is 0.219 e. The first-order valence-electron chi connectivity index (χ1n) is 9.16. The van der Waals surface area contributed by atoms with Gasteiger partial charge >= 0.3 is 0 Å². The van der Waals surface area contributed by atoms with Crippen LogP contribution in [0.1, 0.15) is 10.4 Å². The zero-order chi connectivity index (χ0) is 18.8. The molecule has 6 heteroatoms. The fourth-order valence-corrected chi connectivity index (χ4v) is 3.70. The number of ketones is 1. The van der Waals surface area contributed by atoms with Crippen molar-refractivity contribution in [2.24, 2.45) is 0 Å². The third-order valence-electron chi connectivity index (χ3n) is 5.26. The predicted octanol–water partition coefficient (Wildman–Crippen LogP) is 1.90. The number of methoxy groups -OCH3 is 1. The van der Waals surface area contributed by atoms with Crippen molar-refractivity contribution < 1.29 is 18.8 Å². The number of carbonyl (C=O) groups is 1. The number of anilines is 1. The fraction of sp³-hybridized carbons (Fsp3) is 0.286. The minimum absolute atomic E-state index is 0.150. The van der Waals surface area contributed by atoms with Gasteiger partial charge in [0.1, 0.15) is 18.1 Å². The monoisotopic (exact) mass is 368 g/mol. The van der Waals surface area contributed by atoms with E-state index in [0.717, 1.165) is 54.1 Å². The molecular formula is C21H23FN3O2+. The molecule has 0 saturated carbocycles. The van der Waals surface area contributed by atoms with Crippen LogP contribution < -0.4 is 14.5 Å². The lowest BCUT2D eigenvalue weighted by Gasteiger charge is -2.33. The van der Waals surface area contributed by atoms with E-state index in [1.165, 1.54) is 17.0 Å². The van der Waals surface area contributed by atoms with Crippen LogP contribution in [0.4, 0.5) is 10.1 Å². The Kier molecular flexibility index (Phi) is 4.81. The van der Waals surface area contributed by atoms with Crippen molar-refractivity contribution in [3.8, 4) is 5.75 Å². The molecular weight excluding hydrogens is 345 g/mol. The Morgan fingerprint density at radius 3 is 2.63 bits per heavy atom. The van der Waals surface area contributed by atoms with Crippen molar-refractivity contribution >= 4 is 22.4 Å². The summed E-state index contributed by atoms with van der Waals surface area (Å²) in [5, 5.41) is 0.935. The average Bonchev–Trinajstić information content (AvgIpc) is 3.12. The average molecular weight is 368 g/mol. The van der Waals surface area contributed by atoms with Gasteiger partial charge in [-0.2, -0.15) is 0 Å². The topological polar surface area (TPSA) is 49.8 Å². The molecule has 0 atom stereocenters. The number of hydrogen-bond donors (Lipinski definition) is 2. The van der Waals surface area contributed by atoms with Gasteiger partial charge in [0.2, 0.25) is 5.78 Å². The maximum absolute atomic E-state index is 13.1. The summed E-state index contributed by atoms with van der Waals surface area (Å²) in [6.45, 7) is 3.98. The number of piperazine rings is 1. The fourth-order valence-electron chi connectivity index (χ4n) is 3.70. The van der Waals surface area contributed by atoms with Crippen LogP contribution in [0.25, 0.3) is 10.9 Å². The number of aromatic amines is 1. The van der Waals surface area contributed by atoms with Gasteiger partial charge in [-0.15, -0.1) is 0 Å². The zero-order valence-corrected chi connectivity index (χ0v) is 15.3. The Morgan fingerprint density at radius 1 is 1.19 bits per heavy atom. The van der Waals surface area contributed by atoms with Gasteiger partial charge in [0.05, 0.1) is 33.3 Å². The Hall–Kier alpha value is -2.86. The van der Waals surface area contributed by atoms with Gasteiger partial charge in [0.25, 0.3) is 0 Å². The van der Waals surface area contributed by atoms with Crippen LogP contribution in [0, 0.1) is 5.82 Å². The lowest BCUT2D eigenvalue weighted by Crippen LogP contribution is -3.15. The standard InChI is InChI=1S/C21H22FN3O2/c1-27-17-6-7-18-19(13-23-20(18)12-17)21(26)14-24-8-10-25(11-9-24)16-4-2-15(22)3-5-16/h2-7,12-13,23H,8-11,14H2,1H3/p+1. The number of nitrogens with zero attached hydrogens (tertiary/aromatic N) is 1. The second-order valence-electron chi connectivity index (χ2n) is 6.93. The number of hydrogen-bond acceptors (Lipinski definition) is 3. The molecule has 2 N–H and O–H groups in total. The van der Waals surface area contributed by atoms with Gasteiger partial charge in [-0.25, -0.2) is 4.39 Å². The van der Waals surface area contributed by atoms with Gasteiger partial charge in [-0.1, -0.05) is 0 Å². The summed E-state index contributed by atoms with van der Waals surface area (Å²) in [5.74, 6) is 0.701. The van der Waals surface area contributed by atoms with Crippen molar-refractivity contribution in [3.05, 3.63) is 60.0 Å². The number of aromatic nitrogens is 1. The summed E-state index contributed by atoms with van der Waals surface area (Å²) >= 11 is 0. The number of fused-ring (bicyclic) bond motifs is 1. The number of halogens is 1. The zero-order valence-electron chi connectivity index (χ0n) is 15.3. The number of carbonyl (C=O) groups excluding carboxylic acids is 1. The molecule has 0 unspecified atom stereocenters. The van der Waals surface area contributed by atoms with Crippen LogP contribution in [0.15, 0.2) is 48.7 Å². The van der Waals surface area contributed by atoms with Crippen molar-refractivity contribution in [1.82, 2.24) is 4.98 Å². The predicted molar refractivity (Wildman–Crippen MR) is 103 cm³/mol. The summed E-state index contributed by atoms with van der Waals surface area (Å²) in [6, 6.07) is 12.3. The Morgan fingerprint density at radius 2 is 1.93 bits per heavy atom. The lowest BCUT2D eigenvalue weighted by atomic mass is 10.1. The van der Waals surface area contributed by atoms with E-state index in [2.05, 4.69) is 9.88 Å². The highest BCUT2D eigenvalue weighted by molar-refractivity contribution is 6.08. The molecule has 1 saturated heterocycles.